The van der Waals surface area contributed by atoms with Gasteiger partial charge in [-0.1, -0.05) is 15.9 Å². The van der Waals surface area contributed by atoms with E-state index in [0.717, 1.165) is 4.47 Å². The standard InChI is InChI=1S/C13H18BrNO3/c1-8(2)18-12-5-10(4-11(14)6-12)13(17)15-9(3)7-16/h4-6,8-9,16H,7H2,1-3H3,(H,15,17). The minimum absolute atomic E-state index is 0.0478. The smallest absolute Gasteiger partial charge is 0.251 e. The van der Waals surface area contributed by atoms with Gasteiger partial charge in [0.05, 0.1) is 12.7 Å². The number of hydrogen-bond donors (Lipinski definition) is 2. The first-order valence-electron chi connectivity index (χ1n) is 5.81. The quantitative estimate of drug-likeness (QED) is 0.877. The molecule has 1 rings (SSSR count). The van der Waals surface area contributed by atoms with E-state index < -0.39 is 0 Å². The molecule has 1 aromatic carbocycles. The third kappa shape index (κ3) is 4.66. The van der Waals surface area contributed by atoms with Gasteiger partial charge in [-0.25, -0.2) is 0 Å². The number of amides is 1. The number of halogens is 1. The Bertz CT molecular complexity index is 421. The zero-order valence-electron chi connectivity index (χ0n) is 10.7. The lowest BCUT2D eigenvalue weighted by molar-refractivity contribution is 0.0921. The number of aliphatic hydroxyl groups is 1. The van der Waals surface area contributed by atoms with E-state index in [1.54, 1.807) is 19.1 Å². The second kappa shape index (κ2) is 6.75. The van der Waals surface area contributed by atoms with Crippen LogP contribution in [0.5, 0.6) is 5.75 Å². The normalized spacial score (nSPS) is 12.3. The molecule has 0 heterocycles. The van der Waals surface area contributed by atoms with Crippen LogP contribution in [0.25, 0.3) is 0 Å². The van der Waals surface area contributed by atoms with Crippen molar-refractivity contribution in [3.05, 3.63) is 28.2 Å². The monoisotopic (exact) mass is 315 g/mol. The number of carbonyl (C=O) groups is 1. The molecule has 0 bridgehead atoms. The van der Waals surface area contributed by atoms with Gasteiger partial charge in [0.15, 0.2) is 0 Å². The van der Waals surface area contributed by atoms with Crippen molar-refractivity contribution in [2.24, 2.45) is 0 Å². The van der Waals surface area contributed by atoms with Crippen LogP contribution in [-0.2, 0) is 0 Å². The third-order valence-electron chi connectivity index (χ3n) is 2.16. The Morgan fingerprint density at radius 1 is 1.39 bits per heavy atom. The molecule has 5 heteroatoms. The first kappa shape index (κ1) is 15.0. The third-order valence-corrected chi connectivity index (χ3v) is 2.61. The van der Waals surface area contributed by atoms with Crippen LogP contribution in [0.4, 0.5) is 0 Å². The fraction of sp³-hybridized carbons (Fsp3) is 0.462. The Morgan fingerprint density at radius 2 is 2.06 bits per heavy atom. The van der Waals surface area contributed by atoms with E-state index in [4.69, 9.17) is 9.84 Å². The van der Waals surface area contributed by atoms with Gasteiger partial charge in [0.25, 0.3) is 5.91 Å². The van der Waals surface area contributed by atoms with Gasteiger partial charge < -0.3 is 15.2 Å². The molecular weight excluding hydrogens is 298 g/mol. The maximum absolute atomic E-state index is 11.9. The number of rotatable bonds is 5. The molecule has 1 aromatic rings. The van der Waals surface area contributed by atoms with E-state index in [1.807, 2.05) is 19.9 Å². The summed E-state index contributed by atoms with van der Waals surface area (Å²) >= 11 is 3.35. The van der Waals surface area contributed by atoms with E-state index in [0.29, 0.717) is 11.3 Å². The Morgan fingerprint density at radius 3 is 2.61 bits per heavy atom. The van der Waals surface area contributed by atoms with Crippen LogP contribution >= 0.6 is 15.9 Å². The van der Waals surface area contributed by atoms with Crippen LogP contribution in [0, 0.1) is 0 Å². The summed E-state index contributed by atoms with van der Waals surface area (Å²) in [7, 11) is 0. The summed E-state index contributed by atoms with van der Waals surface area (Å²) in [6.07, 6.45) is 0.0478. The zero-order valence-corrected chi connectivity index (χ0v) is 12.3. The Hall–Kier alpha value is -1.07. The average Bonchev–Trinajstić information content (AvgIpc) is 2.26. The number of benzene rings is 1. The summed E-state index contributed by atoms with van der Waals surface area (Å²) in [4.78, 5) is 11.9. The predicted molar refractivity (Wildman–Crippen MR) is 73.9 cm³/mol. The first-order valence-corrected chi connectivity index (χ1v) is 6.60. The summed E-state index contributed by atoms with van der Waals surface area (Å²) < 4.78 is 6.34. The maximum Gasteiger partial charge on any atom is 0.251 e. The highest BCUT2D eigenvalue weighted by Gasteiger charge is 2.11. The molecule has 0 aliphatic carbocycles. The molecule has 0 aromatic heterocycles. The highest BCUT2D eigenvalue weighted by atomic mass is 79.9. The van der Waals surface area contributed by atoms with Crippen molar-refractivity contribution < 1.29 is 14.6 Å². The maximum atomic E-state index is 11.9. The lowest BCUT2D eigenvalue weighted by atomic mass is 10.2. The van der Waals surface area contributed by atoms with Crippen LogP contribution in [0.15, 0.2) is 22.7 Å². The van der Waals surface area contributed by atoms with Gasteiger partial charge in [0.1, 0.15) is 5.75 Å². The fourth-order valence-corrected chi connectivity index (χ4v) is 1.86. The molecule has 100 valence electrons. The van der Waals surface area contributed by atoms with Crippen LogP contribution < -0.4 is 10.1 Å². The molecule has 2 N–H and O–H groups in total. The van der Waals surface area contributed by atoms with Crippen molar-refractivity contribution >= 4 is 21.8 Å². The highest BCUT2D eigenvalue weighted by Crippen LogP contribution is 2.22. The molecule has 0 radical (unpaired) electrons. The van der Waals surface area contributed by atoms with Gasteiger partial charge in [-0.15, -0.1) is 0 Å². The summed E-state index contributed by atoms with van der Waals surface area (Å²) in [5.74, 6) is 0.410. The molecule has 0 saturated carbocycles. The topological polar surface area (TPSA) is 58.6 Å². The van der Waals surface area contributed by atoms with E-state index in [-0.39, 0.29) is 24.7 Å². The van der Waals surface area contributed by atoms with Gasteiger partial charge in [0, 0.05) is 16.1 Å². The molecule has 4 nitrogen and oxygen atoms in total. The van der Waals surface area contributed by atoms with Crippen molar-refractivity contribution in [1.29, 1.82) is 0 Å². The fourth-order valence-electron chi connectivity index (χ4n) is 1.39. The highest BCUT2D eigenvalue weighted by molar-refractivity contribution is 9.10. The summed E-state index contributed by atoms with van der Waals surface area (Å²) in [5, 5.41) is 11.6. The molecular formula is C13H18BrNO3. The van der Waals surface area contributed by atoms with Crippen LogP contribution in [0.1, 0.15) is 31.1 Å². The van der Waals surface area contributed by atoms with Crippen molar-refractivity contribution in [1.82, 2.24) is 5.32 Å². The van der Waals surface area contributed by atoms with E-state index in [1.165, 1.54) is 0 Å². The first-order chi connectivity index (χ1) is 8.42. The van der Waals surface area contributed by atoms with Crippen LogP contribution in [0.2, 0.25) is 0 Å². The molecule has 1 atom stereocenters. The zero-order chi connectivity index (χ0) is 13.7. The second-order valence-electron chi connectivity index (χ2n) is 4.40. The van der Waals surface area contributed by atoms with Gasteiger partial charge in [-0.2, -0.15) is 0 Å². The molecule has 0 fully saturated rings. The molecule has 0 aliphatic heterocycles. The summed E-state index contributed by atoms with van der Waals surface area (Å²) in [6.45, 7) is 5.50. The van der Waals surface area contributed by atoms with E-state index in [9.17, 15) is 4.79 Å². The van der Waals surface area contributed by atoms with Gasteiger partial charge in [-0.3, -0.25) is 4.79 Å². The van der Waals surface area contributed by atoms with Gasteiger partial charge in [-0.05, 0) is 39.0 Å². The number of aliphatic hydroxyl groups excluding tert-OH is 1. The number of nitrogens with one attached hydrogen (secondary N) is 1. The lowest BCUT2D eigenvalue weighted by Gasteiger charge is -2.14. The number of hydrogen-bond acceptors (Lipinski definition) is 3. The molecule has 1 unspecified atom stereocenters. The number of carbonyl (C=O) groups excluding carboxylic acids is 1. The molecule has 18 heavy (non-hydrogen) atoms. The SMILES string of the molecule is CC(CO)NC(=O)c1cc(Br)cc(OC(C)C)c1. The Kier molecular flexibility index (Phi) is 5.62. The molecule has 1 amide bonds. The average molecular weight is 316 g/mol. The minimum Gasteiger partial charge on any atom is -0.491 e. The van der Waals surface area contributed by atoms with Crippen molar-refractivity contribution in [3.8, 4) is 5.75 Å². The summed E-state index contributed by atoms with van der Waals surface area (Å²) in [6, 6.07) is 4.94. The van der Waals surface area contributed by atoms with Crippen LogP contribution in [-0.4, -0.2) is 29.8 Å². The molecule has 0 spiro atoms. The van der Waals surface area contributed by atoms with Crippen LogP contribution in [0.3, 0.4) is 0 Å². The molecule has 0 saturated heterocycles. The molecule has 0 aliphatic rings. The van der Waals surface area contributed by atoms with Gasteiger partial charge >= 0.3 is 0 Å². The Labute approximate surface area is 115 Å². The lowest BCUT2D eigenvalue weighted by Crippen LogP contribution is -2.35. The second-order valence-corrected chi connectivity index (χ2v) is 5.31. The van der Waals surface area contributed by atoms with Gasteiger partial charge in [0.2, 0.25) is 0 Å². The Balaban J connectivity index is 2.88. The van der Waals surface area contributed by atoms with E-state index in [2.05, 4.69) is 21.2 Å². The number of ether oxygens (including phenoxy) is 1. The van der Waals surface area contributed by atoms with Crippen molar-refractivity contribution in [2.75, 3.05) is 6.61 Å². The van der Waals surface area contributed by atoms with Crippen molar-refractivity contribution in [3.63, 3.8) is 0 Å². The predicted octanol–water partition coefficient (Wildman–Crippen LogP) is 2.35. The minimum atomic E-state index is -0.272. The largest absolute Gasteiger partial charge is 0.491 e. The van der Waals surface area contributed by atoms with E-state index >= 15 is 0 Å². The van der Waals surface area contributed by atoms with Crippen molar-refractivity contribution in [2.45, 2.75) is 32.9 Å². The summed E-state index contributed by atoms with van der Waals surface area (Å²) in [5.41, 5.74) is 0.500.